The summed E-state index contributed by atoms with van der Waals surface area (Å²) >= 11 is 1.89. The molecule has 2 aliphatic carbocycles. The zero-order valence-electron chi connectivity index (χ0n) is 10.3. The van der Waals surface area contributed by atoms with Gasteiger partial charge < -0.3 is 5.32 Å². The molecule has 0 aromatic heterocycles. The van der Waals surface area contributed by atoms with Crippen molar-refractivity contribution in [3.05, 3.63) is 0 Å². The van der Waals surface area contributed by atoms with E-state index in [1.54, 1.807) is 0 Å². The molecule has 0 spiro atoms. The molecular formula is C13H22N2S. The second-order valence-electron chi connectivity index (χ2n) is 6.28. The van der Waals surface area contributed by atoms with Crippen LogP contribution in [0.4, 0.5) is 0 Å². The zero-order valence-corrected chi connectivity index (χ0v) is 11.1. The summed E-state index contributed by atoms with van der Waals surface area (Å²) in [5.74, 6) is 4.12. The Morgan fingerprint density at radius 1 is 1.31 bits per heavy atom. The lowest BCUT2D eigenvalue weighted by Gasteiger charge is -2.16. The van der Waals surface area contributed by atoms with E-state index in [-0.39, 0.29) is 5.54 Å². The molecule has 0 aromatic rings. The molecule has 2 nitrogen and oxygen atoms in total. The Balaban J connectivity index is 1.56. The maximum absolute atomic E-state index is 4.81. The molecule has 3 aliphatic rings. The Hall–Kier alpha value is -0.180. The van der Waals surface area contributed by atoms with E-state index < -0.39 is 0 Å². The summed E-state index contributed by atoms with van der Waals surface area (Å²) in [5.41, 5.74) is 0.248. The molecule has 1 N–H and O–H groups in total. The van der Waals surface area contributed by atoms with Crippen LogP contribution in [0.15, 0.2) is 4.99 Å². The van der Waals surface area contributed by atoms with Crippen molar-refractivity contribution in [2.24, 2.45) is 22.7 Å². The van der Waals surface area contributed by atoms with E-state index in [4.69, 9.17) is 4.99 Å². The largest absolute Gasteiger partial charge is 0.359 e. The molecule has 2 saturated carbocycles. The molecule has 0 amide bonds. The van der Waals surface area contributed by atoms with E-state index in [1.807, 2.05) is 11.8 Å². The van der Waals surface area contributed by atoms with Crippen molar-refractivity contribution in [2.45, 2.75) is 45.1 Å². The summed E-state index contributed by atoms with van der Waals surface area (Å²) in [6.45, 7) is 5.59. The summed E-state index contributed by atoms with van der Waals surface area (Å²) in [6.07, 6.45) is 5.88. The Morgan fingerprint density at radius 2 is 1.94 bits per heavy atom. The van der Waals surface area contributed by atoms with Crippen molar-refractivity contribution in [3.63, 3.8) is 0 Å². The average molecular weight is 238 g/mol. The lowest BCUT2D eigenvalue weighted by Crippen LogP contribution is -2.37. The molecule has 90 valence electrons. The topological polar surface area (TPSA) is 24.4 Å². The third-order valence-corrected chi connectivity index (χ3v) is 5.29. The first-order chi connectivity index (χ1) is 7.64. The van der Waals surface area contributed by atoms with E-state index in [0.717, 1.165) is 30.1 Å². The van der Waals surface area contributed by atoms with Crippen LogP contribution in [-0.4, -0.2) is 23.0 Å². The van der Waals surface area contributed by atoms with Gasteiger partial charge in [-0.05, 0) is 57.3 Å². The van der Waals surface area contributed by atoms with Gasteiger partial charge in [0.25, 0.3) is 0 Å². The summed E-state index contributed by atoms with van der Waals surface area (Å²) in [5, 5.41) is 4.71. The van der Waals surface area contributed by atoms with Gasteiger partial charge in [-0.2, -0.15) is 0 Å². The monoisotopic (exact) mass is 238 g/mol. The fourth-order valence-electron chi connectivity index (χ4n) is 2.62. The van der Waals surface area contributed by atoms with Crippen LogP contribution in [0.2, 0.25) is 0 Å². The van der Waals surface area contributed by atoms with Gasteiger partial charge in [-0.1, -0.05) is 11.8 Å². The highest BCUT2D eigenvalue weighted by atomic mass is 32.2. The van der Waals surface area contributed by atoms with Crippen molar-refractivity contribution in [3.8, 4) is 0 Å². The number of hydrogen-bond donors (Lipinski definition) is 1. The summed E-state index contributed by atoms with van der Waals surface area (Å²) in [7, 11) is 0. The van der Waals surface area contributed by atoms with E-state index in [2.05, 4.69) is 19.2 Å². The van der Waals surface area contributed by atoms with E-state index in [1.165, 1.54) is 30.9 Å². The van der Waals surface area contributed by atoms with E-state index >= 15 is 0 Å². The molecule has 1 heterocycles. The molecule has 0 bridgehead atoms. The van der Waals surface area contributed by atoms with Gasteiger partial charge in [0.05, 0.1) is 0 Å². The van der Waals surface area contributed by atoms with Gasteiger partial charge in [-0.15, -0.1) is 0 Å². The van der Waals surface area contributed by atoms with Crippen LogP contribution in [-0.2, 0) is 0 Å². The van der Waals surface area contributed by atoms with E-state index in [0.29, 0.717) is 0 Å². The zero-order chi connectivity index (χ0) is 11.2. The van der Waals surface area contributed by atoms with Crippen LogP contribution < -0.4 is 5.32 Å². The van der Waals surface area contributed by atoms with Crippen LogP contribution in [0.25, 0.3) is 0 Å². The maximum atomic E-state index is 4.81. The minimum Gasteiger partial charge on any atom is -0.359 e. The smallest absolute Gasteiger partial charge is 0.157 e. The third-order valence-electron chi connectivity index (χ3n) is 3.92. The van der Waals surface area contributed by atoms with Crippen molar-refractivity contribution in [2.75, 3.05) is 12.3 Å². The first-order valence-corrected chi connectivity index (χ1v) is 7.58. The number of thioether (sulfide) groups is 1. The van der Waals surface area contributed by atoms with Crippen LogP contribution >= 0.6 is 11.8 Å². The highest BCUT2D eigenvalue weighted by Crippen LogP contribution is 2.49. The van der Waals surface area contributed by atoms with Gasteiger partial charge >= 0.3 is 0 Å². The number of nitrogens with zero attached hydrogens (tertiary/aromatic N) is 1. The highest BCUT2D eigenvalue weighted by molar-refractivity contribution is 8.14. The number of aliphatic imine (C=N–C) groups is 1. The number of rotatable bonds is 4. The second kappa shape index (κ2) is 3.94. The molecule has 3 rings (SSSR count). The number of hydrogen-bond acceptors (Lipinski definition) is 2. The summed E-state index contributed by atoms with van der Waals surface area (Å²) in [6, 6.07) is 0. The molecule has 1 aliphatic heterocycles. The number of nitrogens with one attached hydrogen (secondary N) is 1. The predicted molar refractivity (Wildman–Crippen MR) is 70.9 cm³/mol. The van der Waals surface area contributed by atoms with Crippen molar-refractivity contribution >= 4 is 16.9 Å². The fourth-order valence-corrected chi connectivity index (χ4v) is 3.70. The standard InChI is InChI=1S/C13H22N2S/c1-13(2)8-16-12(15-13)14-7-11(9-3-4-9)10-5-6-10/h9-11H,3-8H2,1-2H3,(H,14,15). The molecule has 3 heteroatoms. The summed E-state index contributed by atoms with van der Waals surface area (Å²) in [4.78, 5) is 4.81. The molecule has 0 aromatic carbocycles. The minimum atomic E-state index is 0.248. The van der Waals surface area contributed by atoms with Gasteiger partial charge in [-0.25, -0.2) is 0 Å². The van der Waals surface area contributed by atoms with Crippen molar-refractivity contribution in [1.29, 1.82) is 0 Å². The van der Waals surface area contributed by atoms with Gasteiger partial charge in [0.2, 0.25) is 0 Å². The first kappa shape index (κ1) is 10.9. The van der Waals surface area contributed by atoms with Gasteiger partial charge in [0.15, 0.2) is 5.17 Å². The Morgan fingerprint density at radius 3 is 2.38 bits per heavy atom. The molecule has 3 fully saturated rings. The maximum Gasteiger partial charge on any atom is 0.157 e. The van der Waals surface area contributed by atoms with Crippen molar-refractivity contribution < 1.29 is 0 Å². The van der Waals surface area contributed by atoms with Gasteiger partial charge in [0, 0.05) is 17.8 Å². The SMILES string of the molecule is CC1(C)CSC(=NCC(C2CC2)C2CC2)N1. The normalized spacial score (nSPS) is 31.1. The predicted octanol–water partition coefficient (Wildman–Crippen LogP) is 2.89. The molecule has 16 heavy (non-hydrogen) atoms. The number of amidine groups is 1. The van der Waals surface area contributed by atoms with Crippen molar-refractivity contribution in [1.82, 2.24) is 5.32 Å². The quantitative estimate of drug-likeness (QED) is 0.814. The first-order valence-electron chi connectivity index (χ1n) is 6.59. The Labute approximate surface area is 103 Å². The fraction of sp³-hybridized carbons (Fsp3) is 0.923. The van der Waals surface area contributed by atoms with Gasteiger partial charge in [0.1, 0.15) is 0 Å². The molecule has 0 radical (unpaired) electrons. The third kappa shape index (κ3) is 2.55. The van der Waals surface area contributed by atoms with Gasteiger partial charge in [-0.3, -0.25) is 4.99 Å². The molecule has 0 atom stereocenters. The lowest BCUT2D eigenvalue weighted by molar-refractivity contribution is 0.417. The lowest BCUT2D eigenvalue weighted by atomic mass is 9.98. The van der Waals surface area contributed by atoms with Crippen LogP contribution in [0.1, 0.15) is 39.5 Å². The van der Waals surface area contributed by atoms with E-state index in [9.17, 15) is 0 Å². The summed E-state index contributed by atoms with van der Waals surface area (Å²) < 4.78 is 0. The Kier molecular flexibility index (Phi) is 2.69. The molecular weight excluding hydrogens is 216 g/mol. The Bertz CT molecular complexity index is 291. The average Bonchev–Trinajstić information content (AvgIpc) is 3.08. The highest BCUT2D eigenvalue weighted by Gasteiger charge is 2.41. The second-order valence-corrected chi connectivity index (χ2v) is 7.25. The van der Waals surface area contributed by atoms with Crippen LogP contribution in [0.3, 0.4) is 0 Å². The minimum absolute atomic E-state index is 0.248. The van der Waals surface area contributed by atoms with Crippen LogP contribution in [0.5, 0.6) is 0 Å². The molecule has 0 unspecified atom stereocenters. The van der Waals surface area contributed by atoms with Crippen LogP contribution in [0, 0.1) is 17.8 Å². The molecule has 1 saturated heterocycles.